The van der Waals surface area contributed by atoms with Gasteiger partial charge in [-0.05, 0) is 42.8 Å². The molecule has 2 aromatic carbocycles. The van der Waals surface area contributed by atoms with E-state index in [0.717, 1.165) is 6.07 Å². The highest BCUT2D eigenvalue weighted by Gasteiger charge is 2.60. The summed E-state index contributed by atoms with van der Waals surface area (Å²) in [7, 11) is 0. The van der Waals surface area contributed by atoms with Crippen molar-refractivity contribution in [3.05, 3.63) is 74.2 Å². The molecular weight excluding hydrogens is 476 g/mol. The molecule has 0 amide bonds. The van der Waals surface area contributed by atoms with E-state index in [9.17, 15) is 26.3 Å². The zero-order chi connectivity index (χ0) is 20.9. The highest BCUT2D eigenvalue weighted by Crippen LogP contribution is 2.49. The maximum atomic E-state index is 14.0. The Morgan fingerprint density at radius 3 is 2.29 bits per heavy atom. The fraction of sp³-hybridized carbons (Fsp3) is 0.222. The van der Waals surface area contributed by atoms with Crippen molar-refractivity contribution < 1.29 is 31.2 Å². The molecule has 1 atom stereocenters. The van der Waals surface area contributed by atoms with E-state index in [1.54, 1.807) is 13.0 Å². The van der Waals surface area contributed by atoms with Crippen LogP contribution in [0, 0.1) is 6.92 Å². The molecule has 1 unspecified atom stereocenters. The lowest BCUT2D eigenvalue weighted by Gasteiger charge is -2.29. The molecule has 0 bridgehead atoms. The van der Waals surface area contributed by atoms with Gasteiger partial charge in [-0.25, -0.2) is 0 Å². The Balaban J connectivity index is 2.18. The van der Waals surface area contributed by atoms with Crippen LogP contribution in [0.3, 0.4) is 0 Å². The van der Waals surface area contributed by atoms with E-state index in [1.165, 1.54) is 12.1 Å². The van der Waals surface area contributed by atoms with Crippen LogP contribution in [-0.2, 0) is 16.6 Å². The highest BCUT2D eigenvalue weighted by molar-refractivity contribution is 9.10. The van der Waals surface area contributed by atoms with Crippen molar-refractivity contribution in [2.45, 2.75) is 24.9 Å². The number of nitrogens with one attached hydrogen (secondary N) is 1. The second kappa shape index (κ2) is 6.96. The molecule has 28 heavy (non-hydrogen) atoms. The van der Waals surface area contributed by atoms with Gasteiger partial charge in [-0.3, -0.25) is 10.3 Å². The summed E-state index contributed by atoms with van der Waals surface area (Å²) < 4.78 is 81.0. The van der Waals surface area contributed by atoms with Crippen LogP contribution in [-0.4, -0.2) is 6.18 Å². The first-order chi connectivity index (χ1) is 12.8. The molecule has 1 N–H and O–H groups in total. The lowest BCUT2D eigenvalue weighted by Crippen LogP contribution is -2.42. The molecule has 0 aliphatic carbocycles. The van der Waals surface area contributed by atoms with Crippen molar-refractivity contribution in [3.63, 3.8) is 0 Å². The Kier molecular flexibility index (Phi) is 5.23. The quantitative estimate of drug-likeness (QED) is 0.474. The fourth-order valence-electron chi connectivity index (χ4n) is 2.71. The van der Waals surface area contributed by atoms with Crippen LogP contribution < -0.4 is 5.48 Å². The van der Waals surface area contributed by atoms with Gasteiger partial charge in [0.15, 0.2) is 0 Å². The van der Waals surface area contributed by atoms with E-state index in [4.69, 9.17) is 16.4 Å². The summed E-state index contributed by atoms with van der Waals surface area (Å²) >= 11 is 8.85. The van der Waals surface area contributed by atoms with Gasteiger partial charge < -0.3 is 0 Å². The van der Waals surface area contributed by atoms with Crippen molar-refractivity contribution in [1.82, 2.24) is 5.48 Å². The Hall–Kier alpha value is -1.71. The second-order valence-corrected chi connectivity index (χ2v) is 7.51. The first kappa shape index (κ1) is 21.0. The largest absolute Gasteiger partial charge is 0.428 e. The normalized spacial score (nSPS) is 20.1. The topological polar surface area (TPSA) is 21.3 Å². The van der Waals surface area contributed by atoms with Gasteiger partial charge >= 0.3 is 12.4 Å². The molecule has 150 valence electrons. The average Bonchev–Trinajstić information content (AvgIpc) is 3.02. The molecule has 3 rings (SSSR count). The monoisotopic (exact) mass is 485 g/mol. The minimum Gasteiger partial charge on any atom is -0.265 e. The van der Waals surface area contributed by atoms with Gasteiger partial charge in [0.25, 0.3) is 0 Å². The van der Waals surface area contributed by atoms with E-state index < -0.39 is 29.1 Å². The standard InChI is InChI=1S/C18H11BrClF6NO/c1-9-2-3-10(4-14(9)20)15-8-16(28-27-15,18(24,25)26)11-5-12(17(21,22)23)7-13(19)6-11/h2-8,27H,1H3. The molecule has 10 heteroatoms. The van der Waals surface area contributed by atoms with Gasteiger partial charge in [-0.2, -0.15) is 26.3 Å². The van der Waals surface area contributed by atoms with Crippen molar-refractivity contribution >= 4 is 33.2 Å². The van der Waals surface area contributed by atoms with Crippen LogP contribution in [0.15, 0.2) is 46.9 Å². The van der Waals surface area contributed by atoms with Crippen molar-refractivity contribution in [3.8, 4) is 0 Å². The van der Waals surface area contributed by atoms with Crippen molar-refractivity contribution in [2.24, 2.45) is 0 Å². The number of rotatable bonds is 2. The highest BCUT2D eigenvalue weighted by atomic mass is 79.9. The zero-order valence-corrected chi connectivity index (χ0v) is 16.3. The molecule has 0 spiro atoms. The van der Waals surface area contributed by atoms with E-state index in [-0.39, 0.29) is 10.2 Å². The number of hydrogen-bond acceptors (Lipinski definition) is 2. The molecule has 0 radical (unpaired) electrons. The summed E-state index contributed by atoms with van der Waals surface area (Å²) in [5.74, 6) is 0. The molecule has 0 fully saturated rings. The summed E-state index contributed by atoms with van der Waals surface area (Å²) in [5, 5.41) is 0.325. The van der Waals surface area contributed by atoms with Gasteiger partial charge in [0.05, 0.1) is 11.3 Å². The maximum absolute atomic E-state index is 14.0. The molecule has 0 aromatic heterocycles. The summed E-state index contributed by atoms with van der Waals surface area (Å²) in [6.07, 6.45) is -9.16. The molecule has 0 saturated heterocycles. The molecule has 1 aliphatic heterocycles. The lowest BCUT2D eigenvalue weighted by atomic mass is 9.90. The third-order valence-corrected chi connectivity index (χ3v) is 5.09. The van der Waals surface area contributed by atoms with Crippen molar-refractivity contribution in [2.75, 3.05) is 0 Å². The summed E-state index contributed by atoms with van der Waals surface area (Å²) in [6.45, 7) is 1.72. The minimum atomic E-state index is -5.04. The van der Waals surface area contributed by atoms with Gasteiger partial charge in [0.1, 0.15) is 0 Å². The van der Waals surface area contributed by atoms with E-state index in [2.05, 4.69) is 21.4 Å². The number of alkyl halides is 6. The first-order valence-corrected chi connectivity index (χ1v) is 8.89. The molecule has 1 aliphatic rings. The number of aryl methyl sites for hydroxylation is 1. The Labute approximate surface area is 169 Å². The summed E-state index contributed by atoms with van der Waals surface area (Å²) in [6, 6.07) is 6.62. The van der Waals surface area contributed by atoms with Crippen molar-refractivity contribution in [1.29, 1.82) is 0 Å². The van der Waals surface area contributed by atoms with E-state index in [1.807, 2.05) is 0 Å². The average molecular weight is 487 g/mol. The molecular formula is C18H11BrClF6NO. The van der Waals surface area contributed by atoms with Gasteiger partial charge in [0, 0.05) is 20.6 Å². The van der Waals surface area contributed by atoms with Gasteiger partial charge in [-0.15, -0.1) is 0 Å². The smallest absolute Gasteiger partial charge is 0.265 e. The number of hydrogen-bond donors (Lipinski definition) is 1. The van der Waals surface area contributed by atoms with Gasteiger partial charge in [0.2, 0.25) is 5.60 Å². The lowest BCUT2D eigenvalue weighted by molar-refractivity contribution is -0.269. The molecule has 0 saturated carbocycles. The van der Waals surface area contributed by atoms with Crippen LogP contribution in [0.2, 0.25) is 5.02 Å². The predicted octanol–water partition coefficient (Wildman–Crippen LogP) is 6.76. The van der Waals surface area contributed by atoms with E-state index >= 15 is 0 Å². The third kappa shape index (κ3) is 3.75. The third-order valence-electron chi connectivity index (χ3n) is 4.23. The zero-order valence-electron chi connectivity index (χ0n) is 14.0. The van der Waals surface area contributed by atoms with Crippen LogP contribution >= 0.6 is 27.5 Å². The maximum Gasteiger partial charge on any atom is 0.428 e. The molecule has 2 nitrogen and oxygen atoms in total. The summed E-state index contributed by atoms with van der Waals surface area (Å²) in [4.78, 5) is 4.85. The first-order valence-electron chi connectivity index (χ1n) is 7.72. The SMILES string of the molecule is Cc1ccc(C2=CC(c3cc(Br)cc(C(F)(F)F)c3)(C(F)(F)F)ON2)cc1Cl. The summed E-state index contributed by atoms with van der Waals surface area (Å²) in [5.41, 5.74) is -1.93. The van der Waals surface area contributed by atoms with Crippen LogP contribution in [0.5, 0.6) is 0 Å². The number of hydroxylamine groups is 1. The number of halogens is 8. The predicted molar refractivity (Wildman–Crippen MR) is 95.3 cm³/mol. The van der Waals surface area contributed by atoms with Crippen LogP contribution in [0.25, 0.3) is 5.70 Å². The van der Waals surface area contributed by atoms with Crippen LogP contribution in [0.1, 0.15) is 22.3 Å². The fourth-order valence-corrected chi connectivity index (χ4v) is 3.39. The second-order valence-electron chi connectivity index (χ2n) is 6.19. The van der Waals surface area contributed by atoms with Gasteiger partial charge in [-0.1, -0.05) is 39.7 Å². The van der Waals surface area contributed by atoms with Crippen LogP contribution in [0.4, 0.5) is 26.3 Å². The molecule has 1 heterocycles. The van der Waals surface area contributed by atoms with E-state index in [0.29, 0.717) is 34.4 Å². The minimum absolute atomic E-state index is 0.0623. The Morgan fingerprint density at radius 1 is 1.04 bits per heavy atom. The number of benzene rings is 2. The Bertz CT molecular complexity index is 956. The Morgan fingerprint density at radius 2 is 1.71 bits per heavy atom. The molecule has 2 aromatic rings.